The molecule has 0 saturated heterocycles. The molecule has 5 heteroatoms. The first-order valence-electron chi connectivity index (χ1n) is 4.10. The summed E-state index contributed by atoms with van der Waals surface area (Å²) in [7, 11) is 0. The summed E-state index contributed by atoms with van der Waals surface area (Å²) in [4.78, 5) is 20.9. The average molecular weight is 231 g/mol. The zero-order valence-electron chi connectivity index (χ0n) is 7.84. The lowest BCUT2D eigenvalue weighted by molar-refractivity contribution is -0.137. The average Bonchev–Trinajstić information content (AvgIpc) is 2.06. The quantitative estimate of drug-likeness (QED) is 0.819. The van der Waals surface area contributed by atoms with Gasteiger partial charge in [-0.1, -0.05) is 24.3 Å². The smallest absolute Gasteiger partial charge is 0.307 e. The first kappa shape index (κ1) is 13.4. The monoisotopic (exact) mass is 230 g/mol. The first-order chi connectivity index (χ1) is 6.59. The van der Waals surface area contributed by atoms with Crippen molar-refractivity contribution in [1.82, 2.24) is 0 Å². The number of rotatable bonds is 4. The predicted molar refractivity (Wildman–Crippen MR) is 56.4 cm³/mol. The number of aliphatic carboxylic acids is 2. The Hall–Kier alpha value is -1.55. The van der Waals surface area contributed by atoms with Gasteiger partial charge >= 0.3 is 11.9 Å². The van der Waals surface area contributed by atoms with Crippen molar-refractivity contribution >= 4 is 24.3 Å². The van der Waals surface area contributed by atoms with Gasteiger partial charge in [0, 0.05) is 0 Å². The highest BCUT2D eigenvalue weighted by molar-refractivity contribution is 5.85. The minimum absolute atomic E-state index is 0. The van der Waals surface area contributed by atoms with Crippen molar-refractivity contribution in [2.75, 3.05) is 0 Å². The van der Waals surface area contributed by atoms with Crippen molar-refractivity contribution in [1.29, 1.82) is 0 Å². The van der Waals surface area contributed by atoms with Gasteiger partial charge in [-0.15, -0.1) is 12.4 Å². The lowest BCUT2D eigenvalue weighted by atomic mass is 10.0. The van der Waals surface area contributed by atoms with Crippen molar-refractivity contribution in [2.45, 2.75) is 12.8 Å². The van der Waals surface area contributed by atoms with Crippen LogP contribution in [0.1, 0.15) is 11.1 Å². The standard InChI is InChI=1S/C10H10O4.ClH/c11-9(12)5-7-3-1-2-4-8(7)6-10(13)14;/h1-4H,5-6H2,(H,11,12)(H,13,14);1H. The molecule has 0 bridgehead atoms. The number of hydrogen-bond donors (Lipinski definition) is 2. The van der Waals surface area contributed by atoms with Gasteiger partial charge in [-0.05, 0) is 11.1 Å². The molecule has 0 saturated carbocycles. The third-order valence-electron chi connectivity index (χ3n) is 1.80. The van der Waals surface area contributed by atoms with E-state index < -0.39 is 11.9 Å². The Morgan fingerprint density at radius 1 is 0.933 bits per heavy atom. The highest BCUT2D eigenvalue weighted by Gasteiger charge is 2.08. The van der Waals surface area contributed by atoms with Crippen molar-refractivity contribution in [3.8, 4) is 0 Å². The molecule has 0 aliphatic carbocycles. The second kappa shape index (κ2) is 6.03. The molecule has 0 aliphatic heterocycles. The number of halogens is 1. The summed E-state index contributed by atoms with van der Waals surface area (Å²) in [5, 5.41) is 17.2. The summed E-state index contributed by atoms with van der Waals surface area (Å²) in [6.07, 6.45) is -0.271. The maximum atomic E-state index is 10.5. The largest absolute Gasteiger partial charge is 0.481 e. The van der Waals surface area contributed by atoms with Crippen LogP contribution in [0, 0.1) is 0 Å². The van der Waals surface area contributed by atoms with Crippen LogP contribution in [0.4, 0.5) is 0 Å². The van der Waals surface area contributed by atoms with Gasteiger partial charge < -0.3 is 10.2 Å². The molecule has 0 aromatic heterocycles. The summed E-state index contributed by atoms with van der Waals surface area (Å²) in [6.45, 7) is 0. The molecule has 0 atom stereocenters. The molecule has 4 nitrogen and oxygen atoms in total. The molecule has 1 rings (SSSR count). The van der Waals surface area contributed by atoms with Gasteiger partial charge in [0.1, 0.15) is 0 Å². The van der Waals surface area contributed by atoms with E-state index in [9.17, 15) is 9.59 Å². The van der Waals surface area contributed by atoms with Crippen LogP contribution in [0.5, 0.6) is 0 Å². The molecule has 0 fully saturated rings. The van der Waals surface area contributed by atoms with Gasteiger partial charge in [0.05, 0.1) is 12.8 Å². The van der Waals surface area contributed by atoms with Crippen LogP contribution in [0.2, 0.25) is 0 Å². The number of carboxylic acid groups (broad SMARTS) is 2. The highest BCUT2D eigenvalue weighted by Crippen LogP contribution is 2.10. The van der Waals surface area contributed by atoms with E-state index in [4.69, 9.17) is 10.2 Å². The topological polar surface area (TPSA) is 74.6 Å². The van der Waals surface area contributed by atoms with Crippen LogP contribution < -0.4 is 0 Å². The molecule has 0 amide bonds. The Morgan fingerprint density at radius 3 is 1.53 bits per heavy atom. The zero-order valence-corrected chi connectivity index (χ0v) is 8.66. The summed E-state index contributed by atoms with van der Waals surface area (Å²) in [6, 6.07) is 6.66. The lowest BCUT2D eigenvalue weighted by Gasteiger charge is -2.04. The summed E-state index contributed by atoms with van der Waals surface area (Å²) < 4.78 is 0. The van der Waals surface area contributed by atoms with Gasteiger partial charge in [0.15, 0.2) is 0 Å². The molecule has 0 spiro atoms. The molecular formula is C10H11ClO4. The minimum atomic E-state index is -0.956. The van der Waals surface area contributed by atoms with Crippen LogP contribution in [0.15, 0.2) is 24.3 Å². The highest BCUT2D eigenvalue weighted by atomic mass is 35.5. The molecule has 0 aliphatic rings. The lowest BCUT2D eigenvalue weighted by Crippen LogP contribution is -2.07. The van der Waals surface area contributed by atoms with Gasteiger partial charge in [-0.25, -0.2) is 0 Å². The fourth-order valence-corrected chi connectivity index (χ4v) is 1.23. The van der Waals surface area contributed by atoms with E-state index in [-0.39, 0.29) is 25.2 Å². The second-order valence-electron chi connectivity index (χ2n) is 2.91. The van der Waals surface area contributed by atoms with Crippen LogP contribution >= 0.6 is 12.4 Å². The number of carbonyl (C=O) groups is 2. The molecule has 0 heterocycles. The third kappa shape index (κ3) is 4.46. The Kier molecular flexibility index (Phi) is 5.41. The van der Waals surface area contributed by atoms with E-state index in [1.54, 1.807) is 24.3 Å². The SMILES string of the molecule is Cl.O=C(O)Cc1ccccc1CC(=O)O. The molecular weight excluding hydrogens is 220 g/mol. The Labute approximate surface area is 93.0 Å². The van der Waals surface area contributed by atoms with Crippen molar-refractivity contribution in [3.05, 3.63) is 35.4 Å². The van der Waals surface area contributed by atoms with Crippen LogP contribution in [-0.2, 0) is 22.4 Å². The molecule has 15 heavy (non-hydrogen) atoms. The van der Waals surface area contributed by atoms with Gasteiger partial charge in [-0.3, -0.25) is 9.59 Å². The number of hydrogen-bond acceptors (Lipinski definition) is 2. The molecule has 0 unspecified atom stereocenters. The summed E-state index contributed by atoms with van der Waals surface area (Å²) in [5.41, 5.74) is 1.12. The zero-order chi connectivity index (χ0) is 10.6. The van der Waals surface area contributed by atoms with Gasteiger partial charge in [0.25, 0.3) is 0 Å². The van der Waals surface area contributed by atoms with Gasteiger partial charge in [0.2, 0.25) is 0 Å². The van der Waals surface area contributed by atoms with Gasteiger partial charge in [-0.2, -0.15) is 0 Å². The number of benzene rings is 1. The molecule has 1 aromatic rings. The summed E-state index contributed by atoms with van der Waals surface area (Å²) in [5.74, 6) is -1.91. The first-order valence-corrected chi connectivity index (χ1v) is 4.10. The summed E-state index contributed by atoms with van der Waals surface area (Å²) >= 11 is 0. The Morgan fingerprint density at radius 2 is 1.27 bits per heavy atom. The van der Waals surface area contributed by atoms with Crippen molar-refractivity contribution in [2.24, 2.45) is 0 Å². The molecule has 82 valence electrons. The van der Waals surface area contributed by atoms with Crippen LogP contribution in [0.25, 0.3) is 0 Å². The fourth-order valence-electron chi connectivity index (χ4n) is 1.23. The van der Waals surface area contributed by atoms with E-state index in [2.05, 4.69) is 0 Å². The minimum Gasteiger partial charge on any atom is -0.481 e. The third-order valence-corrected chi connectivity index (χ3v) is 1.80. The molecule has 0 radical (unpaired) electrons. The maximum absolute atomic E-state index is 10.5. The van der Waals surface area contributed by atoms with Crippen molar-refractivity contribution in [3.63, 3.8) is 0 Å². The normalized spacial score (nSPS) is 9.07. The van der Waals surface area contributed by atoms with E-state index >= 15 is 0 Å². The second-order valence-corrected chi connectivity index (χ2v) is 2.91. The Balaban J connectivity index is 0.00000196. The molecule has 2 N–H and O–H groups in total. The van der Waals surface area contributed by atoms with E-state index in [0.717, 1.165) is 0 Å². The van der Waals surface area contributed by atoms with Crippen LogP contribution in [0.3, 0.4) is 0 Å². The van der Waals surface area contributed by atoms with E-state index in [1.807, 2.05) is 0 Å². The van der Waals surface area contributed by atoms with Crippen molar-refractivity contribution < 1.29 is 19.8 Å². The van der Waals surface area contributed by atoms with E-state index in [1.165, 1.54) is 0 Å². The molecule has 1 aromatic carbocycles. The predicted octanol–water partition coefficient (Wildman–Crippen LogP) is 1.36. The van der Waals surface area contributed by atoms with Crippen LogP contribution in [-0.4, -0.2) is 22.2 Å². The fraction of sp³-hybridized carbons (Fsp3) is 0.200. The maximum Gasteiger partial charge on any atom is 0.307 e. The Bertz CT molecular complexity index is 327. The number of carboxylic acids is 2. The van der Waals surface area contributed by atoms with E-state index in [0.29, 0.717) is 11.1 Å².